The molecule has 94 valence electrons. The fraction of sp³-hybridized carbons (Fsp3) is 0.538. The molecule has 0 bridgehead atoms. The van der Waals surface area contributed by atoms with Gasteiger partial charge >= 0.3 is 0 Å². The SMILES string of the molecule is CC(C)CC(N)c1cc2c(cc1Br)OCCO2. The standard InChI is InChI=1S/C13H18BrNO2/c1-8(2)5-11(15)9-6-12-13(7-10(9)14)17-4-3-16-12/h6-8,11H,3-5,15H2,1-2H3. The van der Waals surface area contributed by atoms with Gasteiger partial charge in [0.15, 0.2) is 11.5 Å². The van der Waals surface area contributed by atoms with Crippen LogP contribution in [-0.2, 0) is 0 Å². The summed E-state index contributed by atoms with van der Waals surface area (Å²) in [6, 6.07) is 3.97. The zero-order chi connectivity index (χ0) is 12.4. The van der Waals surface area contributed by atoms with Crippen LogP contribution in [0.2, 0.25) is 0 Å². The largest absolute Gasteiger partial charge is 0.486 e. The van der Waals surface area contributed by atoms with Crippen LogP contribution in [0.5, 0.6) is 11.5 Å². The first-order chi connectivity index (χ1) is 8.08. The van der Waals surface area contributed by atoms with Crippen LogP contribution in [0.15, 0.2) is 16.6 Å². The summed E-state index contributed by atoms with van der Waals surface area (Å²) in [7, 11) is 0. The summed E-state index contributed by atoms with van der Waals surface area (Å²) in [5.74, 6) is 2.17. The van der Waals surface area contributed by atoms with Gasteiger partial charge in [-0.1, -0.05) is 29.8 Å². The molecule has 0 aliphatic carbocycles. The molecule has 4 heteroatoms. The van der Waals surface area contributed by atoms with Crippen molar-refractivity contribution in [2.75, 3.05) is 13.2 Å². The first-order valence-corrected chi connectivity index (χ1v) is 6.72. The molecule has 1 aliphatic heterocycles. The molecule has 2 N–H and O–H groups in total. The zero-order valence-electron chi connectivity index (χ0n) is 10.2. The molecule has 1 unspecified atom stereocenters. The first-order valence-electron chi connectivity index (χ1n) is 5.92. The van der Waals surface area contributed by atoms with Gasteiger partial charge in [-0.05, 0) is 30.0 Å². The van der Waals surface area contributed by atoms with E-state index in [1.165, 1.54) is 0 Å². The number of nitrogens with two attached hydrogens (primary N) is 1. The Morgan fingerprint density at radius 2 is 1.82 bits per heavy atom. The summed E-state index contributed by atoms with van der Waals surface area (Å²) in [6.07, 6.45) is 0.957. The van der Waals surface area contributed by atoms with Crippen LogP contribution in [0, 0.1) is 5.92 Å². The molecule has 1 atom stereocenters. The van der Waals surface area contributed by atoms with Crippen molar-refractivity contribution in [3.8, 4) is 11.5 Å². The topological polar surface area (TPSA) is 44.5 Å². The summed E-state index contributed by atoms with van der Waals surface area (Å²) < 4.78 is 12.1. The molecule has 3 nitrogen and oxygen atoms in total. The van der Waals surface area contributed by atoms with Crippen LogP contribution >= 0.6 is 15.9 Å². The van der Waals surface area contributed by atoms with E-state index in [0.29, 0.717) is 19.1 Å². The number of fused-ring (bicyclic) bond motifs is 1. The summed E-state index contributed by atoms with van der Waals surface area (Å²) in [4.78, 5) is 0. The molecule has 0 amide bonds. The predicted molar refractivity (Wildman–Crippen MR) is 71.5 cm³/mol. The van der Waals surface area contributed by atoms with E-state index < -0.39 is 0 Å². The van der Waals surface area contributed by atoms with Gasteiger partial charge in [0.25, 0.3) is 0 Å². The Labute approximate surface area is 110 Å². The van der Waals surface area contributed by atoms with Crippen molar-refractivity contribution in [3.63, 3.8) is 0 Å². The van der Waals surface area contributed by atoms with Gasteiger partial charge in [0.1, 0.15) is 13.2 Å². The summed E-state index contributed by atoms with van der Waals surface area (Å²) in [5, 5.41) is 0. The monoisotopic (exact) mass is 299 g/mol. The lowest BCUT2D eigenvalue weighted by atomic mass is 9.97. The van der Waals surface area contributed by atoms with Gasteiger partial charge in [0, 0.05) is 10.5 Å². The fourth-order valence-electron chi connectivity index (χ4n) is 2.00. The molecule has 0 saturated heterocycles. The van der Waals surface area contributed by atoms with Gasteiger partial charge in [-0.25, -0.2) is 0 Å². The first kappa shape index (κ1) is 12.7. The highest BCUT2D eigenvalue weighted by molar-refractivity contribution is 9.10. The van der Waals surface area contributed by atoms with Crippen LogP contribution in [0.3, 0.4) is 0 Å². The number of hydrogen-bond acceptors (Lipinski definition) is 3. The van der Waals surface area contributed by atoms with Crippen LogP contribution in [0.4, 0.5) is 0 Å². The second-order valence-corrected chi connectivity index (χ2v) is 5.61. The molecule has 0 saturated carbocycles. The van der Waals surface area contributed by atoms with E-state index in [4.69, 9.17) is 15.2 Å². The lowest BCUT2D eigenvalue weighted by Gasteiger charge is -2.22. The Kier molecular flexibility index (Phi) is 3.94. The second kappa shape index (κ2) is 5.27. The van der Waals surface area contributed by atoms with Crippen molar-refractivity contribution >= 4 is 15.9 Å². The van der Waals surface area contributed by atoms with Crippen LogP contribution in [-0.4, -0.2) is 13.2 Å². The van der Waals surface area contributed by atoms with Gasteiger partial charge in [-0.2, -0.15) is 0 Å². The minimum Gasteiger partial charge on any atom is -0.486 e. The molecule has 0 fully saturated rings. The number of rotatable bonds is 3. The summed E-state index contributed by atoms with van der Waals surface area (Å²) >= 11 is 3.55. The maximum Gasteiger partial charge on any atom is 0.162 e. The molecular formula is C13H18BrNO2. The molecule has 0 radical (unpaired) electrons. The van der Waals surface area contributed by atoms with Gasteiger partial charge in [0.05, 0.1) is 0 Å². The average Bonchev–Trinajstić information content (AvgIpc) is 2.27. The Morgan fingerprint density at radius 3 is 2.41 bits per heavy atom. The average molecular weight is 300 g/mol. The second-order valence-electron chi connectivity index (χ2n) is 4.75. The molecular weight excluding hydrogens is 282 g/mol. The molecule has 17 heavy (non-hydrogen) atoms. The molecule has 1 heterocycles. The van der Waals surface area contributed by atoms with Crippen LogP contribution in [0.25, 0.3) is 0 Å². The van der Waals surface area contributed by atoms with Gasteiger partial charge in [-0.3, -0.25) is 0 Å². The lowest BCUT2D eigenvalue weighted by molar-refractivity contribution is 0.171. The van der Waals surface area contributed by atoms with E-state index in [9.17, 15) is 0 Å². The Balaban J connectivity index is 2.28. The van der Waals surface area contributed by atoms with Crippen molar-refractivity contribution < 1.29 is 9.47 Å². The quantitative estimate of drug-likeness (QED) is 0.932. The molecule has 1 aromatic carbocycles. The maximum atomic E-state index is 6.20. The van der Waals surface area contributed by atoms with Crippen molar-refractivity contribution in [2.45, 2.75) is 26.3 Å². The molecule has 1 aliphatic rings. The molecule has 0 aromatic heterocycles. The molecule has 1 aromatic rings. The minimum atomic E-state index is 0.0280. The number of benzene rings is 1. The van der Waals surface area contributed by atoms with Crippen molar-refractivity contribution in [1.29, 1.82) is 0 Å². The maximum absolute atomic E-state index is 6.20. The summed E-state index contributed by atoms with van der Waals surface area (Å²) in [6.45, 7) is 5.56. The zero-order valence-corrected chi connectivity index (χ0v) is 11.8. The normalized spacial score (nSPS) is 16.1. The highest BCUT2D eigenvalue weighted by atomic mass is 79.9. The fourth-order valence-corrected chi connectivity index (χ4v) is 2.62. The number of halogens is 1. The summed E-state index contributed by atoms with van der Waals surface area (Å²) in [5.41, 5.74) is 7.29. The third kappa shape index (κ3) is 2.93. The van der Waals surface area contributed by atoms with E-state index >= 15 is 0 Å². The predicted octanol–water partition coefficient (Wildman–Crippen LogP) is 3.27. The smallest absolute Gasteiger partial charge is 0.162 e. The lowest BCUT2D eigenvalue weighted by Crippen LogP contribution is -2.18. The van der Waals surface area contributed by atoms with Crippen molar-refractivity contribution in [3.05, 3.63) is 22.2 Å². The number of ether oxygens (including phenoxy) is 2. The Bertz CT molecular complexity index is 407. The van der Waals surface area contributed by atoms with E-state index in [1.807, 2.05) is 12.1 Å². The highest BCUT2D eigenvalue weighted by Gasteiger charge is 2.18. The molecule has 2 rings (SSSR count). The number of hydrogen-bond donors (Lipinski definition) is 1. The van der Waals surface area contributed by atoms with Gasteiger partial charge in [-0.15, -0.1) is 0 Å². The van der Waals surface area contributed by atoms with E-state index in [2.05, 4.69) is 29.8 Å². The third-order valence-electron chi connectivity index (χ3n) is 2.79. The minimum absolute atomic E-state index is 0.0280. The Hall–Kier alpha value is -0.740. The highest BCUT2D eigenvalue weighted by Crippen LogP contribution is 2.38. The van der Waals surface area contributed by atoms with Gasteiger partial charge in [0.2, 0.25) is 0 Å². The van der Waals surface area contributed by atoms with Crippen LogP contribution in [0.1, 0.15) is 31.9 Å². The van der Waals surface area contributed by atoms with Crippen molar-refractivity contribution in [2.24, 2.45) is 11.7 Å². The van der Waals surface area contributed by atoms with E-state index in [-0.39, 0.29) is 6.04 Å². The van der Waals surface area contributed by atoms with Gasteiger partial charge < -0.3 is 15.2 Å². The van der Waals surface area contributed by atoms with Crippen LogP contribution < -0.4 is 15.2 Å². The van der Waals surface area contributed by atoms with Crippen molar-refractivity contribution in [1.82, 2.24) is 0 Å². The van der Waals surface area contributed by atoms with E-state index in [1.54, 1.807) is 0 Å². The van der Waals surface area contributed by atoms with E-state index in [0.717, 1.165) is 28.0 Å². The Morgan fingerprint density at radius 1 is 1.24 bits per heavy atom. The molecule has 0 spiro atoms. The third-order valence-corrected chi connectivity index (χ3v) is 3.47.